The van der Waals surface area contributed by atoms with Gasteiger partial charge in [0, 0.05) is 20.1 Å². The Morgan fingerprint density at radius 1 is 1.40 bits per heavy atom. The SMILES string of the molecule is CN.[CH-]=C.[Ir]. The Bertz CT molecular complexity index is 6.85. The third-order valence-corrected chi connectivity index (χ3v) is 0. The summed E-state index contributed by atoms with van der Waals surface area (Å²) >= 11 is 0. The van der Waals surface area contributed by atoms with Crippen LogP contribution in [-0.2, 0) is 20.1 Å². The van der Waals surface area contributed by atoms with Crippen molar-refractivity contribution in [3.8, 4) is 0 Å². The van der Waals surface area contributed by atoms with Gasteiger partial charge in [-0.15, -0.1) is 0 Å². The average molecular weight is 250 g/mol. The van der Waals surface area contributed by atoms with E-state index in [1.165, 1.54) is 7.05 Å². The Labute approximate surface area is 46.6 Å². The van der Waals surface area contributed by atoms with E-state index in [0.29, 0.717) is 0 Å². The Morgan fingerprint density at radius 3 is 1.40 bits per heavy atom. The molecule has 0 aromatic heterocycles. The van der Waals surface area contributed by atoms with E-state index in [1.807, 2.05) is 0 Å². The van der Waals surface area contributed by atoms with E-state index in [2.05, 4.69) is 18.9 Å². The van der Waals surface area contributed by atoms with Gasteiger partial charge in [0.15, 0.2) is 0 Å². The van der Waals surface area contributed by atoms with E-state index in [1.54, 1.807) is 0 Å². The first-order chi connectivity index (χ1) is 2.00. The fourth-order valence-corrected chi connectivity index (χ4v) is 0. The maximum Gasteiger partial charge on any atom is 0 e. The van der Waals surface area contributed by atoms with Crippen LogP contribution in [0.2, 0.25) is 0 Å². The number of nitrogens with two attached hydrogens (primary N) is 1. The second-order valence-corrected chi connectivity index (χ2v) is 0. The van der Waals surface area contributed by atoms with E-state index in [4.69, 9.17) is 0 Å². The van der Waals surface area contributed by atoms with Gasteiger partial charge in [0.2, 0.25) is 0 Å². The minimum atomic E-state index is 0. The standard InChI is InChI=1S/C2H3.CH5N.Ir/c2*1-2;/h1H,2H2;2H2,1H3;/q-1;;. The largest absolute Gasteiger partial charge is 0.521 e. The summed E-state index contributed by atoms with van der Waals surface area (Å²) in [5.41, 5.74) is 4.50. The average Bonchev–Trinajstić information content (AvgIpc) is 1.50. The van der Waals surface area contributed by atoms with Gasteiger partial charge in [0.05, 0.1) is 0 Å². The molecule has 0 amide bonds. The third-order valence-electron chi connectivity index (χ3n) is 0. The van der Waals surface area contributed by atoms with Crippen LogP contribution >= 0.6 is 0 Å². The summed E-state index contributed by atoms with van der Waals surface area (Å²) in [5.74, 6) is 0. The van der Waals surface area contributed by atoms with Crippen LogP contribution in [-0.4, -0.2) is 7.05 Å². The molecule has 2 heteroatoms. The maximum atomic E-state index is 4.50. The van der Waals surface area contributed by atoms with Crippen molar-refractivity contribution in [2.75, 3.05) is 7.05 Å². The molecule has 2 N–H and O–H groups in total. The van der Waals surface area contributed by atoms with E-state index in [0.717, 1.165) is 0 Å². The molecule has 0 aromatic rings. The van der Waals surface area contributed by atoms with Crippen LogP contribution in [0.25, 0.3) is 0 Å². The molecule has 0 heterocycles. The van der Waals surface area contributed by atoms with Gasteiger partial charge in [-0.3, -0.25) is 6.58 Å². The molecular formula is C3H8IrN-. The molecule has 1 nitrogen and oxygen atoms in total. The first-order valence-corrected chi connectivity index (χ1v) is 0.986. The molecule has 0 aliphatic carbocycles. The number of hydrogen-bond donors (Lipinski definition) is 1. The summed E-state index contributed by atoms with van der Waals surface area (Å²) < 4.78 is 0. The second kappa shape index (κ2) is 400. The Hall–Kier alpha value is 0.349. The first kappa shape index (κ1) is 18.3. The van der Waals surface area contributed by atoms with Crippen LogP contribution in [0.15, 0.2) is 6.58 Å². The first-order valence-electron chi connectivity index (χ1n) is 0.986. The van der Waals surface area contributed by atoms with Gasteiger partial charge < -0.3 is 12.3 Å². The zero-order valence-electron chi connectivity index (χ0n) is 3.20. The van der Waals surface area contributed by atoms with Crippen LogP contribution < -0.4 is 5.73 Å². The van der Waals surface area contributed by atoms with E-state index >= 15 is 0 Å². The second-order valence-electron chi connectivity index (χ2n) is 0. The molecule has 1 radical (unpaired) electrons. The minimum Gasteiger partial charge on any atom is -0.521 e. The molecule has 0 saturated heterocycles. The van der Waals surface area contributed by atoms with Crippen molar-refractivity contribution >= 4 is 0 Å². The van der Waals surface area contributed by atoms with E-state index in [-0.39, 0.29) is 20.1 Å². The van der Waals surface area contributed by atoms with Crippen LogP contribution in [0.5, 0.6) is 0 Å². The van der Waals surface area contributed by atoms with Crippen molar-refractivity contribution in [1.29, 1.82) is 0 Å². The number of rotatable bonds is 0. The van der Waals surface area contributed by atoms with Gasteiger partial charge in [-0.2, -0.15) is 0 Å². The van der Waals surface area contributed by atoms with Crippen molar-refractivity contribution < 1.29 is 20.1 Å². The Morgan fingerprint density at radius 2 is 1.40 bits per heavy atom. The van der Waals surface area contributed by atoms with Crippen molar-refractivity contribution in [1.82, 2.24) is 0 Å². The summed E-state index contributed by atoms with van der Waals surface area (Å²) in [5, 5.41) is 0. The van der Waals surface area contributed by atoms with Gasteiger partial charge in [0.1, 0.15) is 0 Å². The van der Waals surface area contributed by atoms with Crippen LogP contribution in [0.3, 0.4) is 0 Å². The van der Waals surface area contributed by atoms with Crippen molar-refractivity contribution in [2.45, 2.75) is 0 Å². The van der Waals surface area contributed by atoms with Gasteiger partial charge >= 0.3 is 0 Å². The molecule has 0 bridgehead atoms. The summed E-state index contributed by atoms with van der Waals surface area (Å²) in [6.45, 7) is 7.00. The smallest absolute Gasteiger partial charge is 0 e. The van der Waals surface area contributed by atoms with Crippen LogP contribution in [0.4, 0.5) is 0 Å². The molecule has 0 aromatic carbocycles. The predicted octanol–water partition coefficient (Wildman–Crippen LogP) is 0.178. The molecule has 5 heavy (non-hydrogen) atoms. The van der Waals surface area contributed by atoms with Gasteiger partial charge in [-0.25, -0.2) is 0 Å². The molecule has 0 fully saturated rings. The summed E-state index contributed by atoms with van der Waals surface area (Å²) in [4.78, 5) is 0. The predicted molar refractivity (Wildman–Crippen MR) is 20.0 cm³/mol. The maximum absolute atomic E-state index is 4.50. The van der Waals surface area contributed by atoms with Gasteiger partial charge in [-0.1, -0.05) is 0 Å². The minimum absolute atomic E-state index is 0. The molecule has 0 unspecified atom stereocenters. The Balaban J connectivity index is -0.0000000133. The van der Waals surface area contributed by atoms with Crippen molar-refractivity contribution in [3.63, 3.8) is 0 Å². The monoisotopic (exact) mass is 251 g/mol. The normalized spacial score (nSPS) is 2.00. The van der Waals surface area contributed by atoms with Crippen molar-refractivity contribution in [3.05, 3.63) is 13.2 Å². The number of hydrogen-bond acceptors (Lipinski definition) is 1. The third kappa shape index (κ3) is 197. The fourth-order valence-electron chi connectivity index (χ4n) is 0. The van der Waals surface area contributed by atoms with Gasteiger partial charge in [0.25, 0.3) is 0 Å². The molecule has 0 atom stereocenters. The molecule has 0 saturated carbocycles. The fraction of sp³-hybridized carbons (Fsp3) is 0.333. The van der Waals surface area contributed by atoms with E-state index < -0.39 is 0 Å². The molecule has 0 spiro atoms. The zero-order chi connectivity index (χ0) is 4.00. The Kier molecular flexibility index (Phi) is 1470. The van der Waals surface area contributed by atoms with Crippen LogP contribution in [0, 0.1) is 6.58 Å². The quantitative estimate of drug-likeness (QED) is 0.610. The summed E-state index contributed by atoms with van der Waals surface area (Å²) in [7, 11) is 1.50. The molecule has 0 aliphatic heterocycles. The van der Waals surface area contributed by atoms with Crippen LogP contribution in [0.1, 0.15) is 0 Å². The summed E-state index contributed by atoms with van der Waals surface area (Å²) in [6.07, 6.45) is 0. The van der Waals surface area contributed by atoms with Gasteiger partial charge in [-0.05, 0) is 7.05 Å². The molecule has 0 rings (SSSR count). The van der Waals surface area contributed by atoms with E-state index in [9.17, 15) is 0 Å². The van der Waals surface area contributed by atoms with Crippen molar-refractivity contribution in [2.24, 2.45) is 5.73 Å². The topological polar surface area (TPSA) is 26.0 Å². The zero-order valence-corrected chi connectivity index (χ0v) is 5.59. The molecular weight excluding hydrogens is 242 g/mol. The summed E-state index contributed by atoms with van der Waals surface area (Å²) in [6, 6.07) is 0. The molecule has 0 aliphatic rings. The molecule has 35 valence electrons.